The summed E-state index contributed by atoms with van der Waals surface area (Å²) >= 11 is 0. The maximum absolute atomic E-state index is 12.5. The van der Waals surface area contributed by atoms with Crippen LogP contribution in [0.5, 0.6) is 0 Å². The molecule has 1 nitrogen and oxygen atoms in total. The Morgan fingerprint density at radius 3 is 2.41 bits per heavy atom. The molecule has 96 valence electrons. The van der Waals surface area contributed by atoms with Crippen LogP contribution in [0.1, 0.15) is 37.8 Å². The van der Waals surface area contributed by atoms with Gasteiger partial charge in [0.25, 0.3) is 0 Å². The fourth-order valence-corrected chi connectivity index (χ4v) is 1.98. The first-order valence-corrected chi connectivity index (χ1v) is 5.69. The van der Waals surface area contributed by atoms with Crippen LogP contribution in [0.15, 0.2) is 24.3 Å². The predicted molar refractivity (Wildman–Crippen MR) is 62.6 cm³/mol. The third kappa shape index (κ3) is 4.38. The van der Waals surface area contributed by atoms with E-state index in [0.717, 1.165) is 18.9 Å². The van der Waals surface area contributed by atoms with E-state index in [0.29, 0.717) is 12.0 Å². The summed E-state index contributed by atoms with van der Waals surface area (Å²) in [5, 5.41) is 0. The second-order valence-corrected chi connectivity index (χ2v) is 4.78. The minimum absolute atomic E-state index is 0.445. The van der Waals surface area contributed by atoms with E-state index in [1.807, 2.05) is 13.8 Å². The number of halogens is 3. The van der Waals surface area contributed by atoms with Crippen molar-refractivity contribution in [2.24, 2.45) is 5.73 Å². The molecule has 2 N–H and O–H groups in total. The molecule has 4 heteroatoms. The first kappa shape index (κ1) is 14.0. The molecule has 0 aliphatic carbocycles. The van der Waals surface area contributed by atoms with Gasteiger partial charge in [-0.3, -0.25) is 0 Å². The number of nitrogens with two attached hydrogens (primary N) is 1. The molecule has 0 aliphatic heterocycles. The summed E-state index contributed by atoms with van der Waals surface area (Å²) in [5.74, 6) is 0. The van der Waals surface area contributed by atoms with Crippen LogP contribution in [0.3, 0.4) is 0 Å². The van der Waals surface area contributed by atoms with Crippen molar-refractivity contribution < 1.29 is 13.2 Å². The molecule has 0 radical (unpaired) electrons. The Labute approximate surface area is 99.8 Å². The molecule has 0 spiro atoms. The Morgan fingerprint density at radius 1 is 1.24 bits per heavy atom. The summed E-state index contributed by atoms with van der Waals surface area (Å²) < 4.78 is 37.6. The predicted octanol–water partition coefficient (Wildman–Crippen LogP) is 3.77. The standard InChI is InChI=1S/C13H18F3N/c1-3-7-12(2,17)9-10-5-4-6-11(8-10)13(14,15)16/h4-6,8H,3,7,9,17H2,1-2H3. The smallest absolute Gasteiger partial charge is 0.325 e. The van der Waals surface area contributed by atoms with Crippen LogP contribution in [-0.4, -0.2) is 5.54 Å². The van der Waals surface area contributed by atoms with E-state index in [1.165, 1.54) is 12.1 Å². The summed E-state index contributed by atoms with van der Waals surface area (Å²) in [5.41, 5.74) is 5.62. The SMILES string of the molecule is CCCC(C)(N)Cc1cccc(C(F)(F)F)c1. The van der Waals surface area contributed by atoms with Crippen LogP contribution in [0.25, 0.3) is 0 Å². The molecule has 17 heavy (non-hydrogen) atoms. The van der Waals surface area contributed by atoms with Gasteiger partial charge in [0.2, 0.25) is 0 Å². The maximum Gasteiger partial charge on any atom is 0.416 e. The molecule has 1 atom stereocenters. The van der Waals surface area contributed by atoms with Gasteiger partial charge in [0.05, 0.1) is 5.56 Å². The summed E-state index contributed by atoms with van der Waals surface area (Å²) in [6.45, 7) is 3.88. The van der Waals surface area contributed by atoms with E-state index in [2.05, 4.69) is 0 Å². The van der Waals surface area contributed by atoms with E-state index >= 15 is 0 Å². The highest BCUT2D eigenvalue weighted by Crippen LogP contribution is 2.30. The molecule has 0 bridgehead atoms. The average molecular weight is 245 g/mol. The molecule has 0 saturated carbocycles. The molecular formula is C13H18F3N. The molecule has 1 aromatic rings. The average Bonchev–Trinajstić information content (AvgIpc) is 2.15. The lowest BCUT2D eigenvalue weighted by atomic mass is 9.89. The molecule has 1 rings (SSSR count). The van der Waals surface area contributed by atoms with Crippen molar-refractivity contribution in [1.29, 1.82) is 0 Å². The van der Waals surface area contributed by atoms with E-state index < -0.39 is 17.3 Å². The topological polar surface area (TPSA) is 26.0 Å². The van der Waals surface area contributed by atoms with Crippen LogP contribution in [0.2, 0.25) is 0 Å². The van der Waals surface area contributed by atoms with Crippen molar-refractivity contribution in [3.63, 3.8) is 0 Å². The van der Waals surface area contributed by atoms with Gasteiger partial charge in [0, 0.05) is 5.54 Å². The van der Waals surface area contributed by atoms with Crippen molar-refractivity contribution in [3.8, 4) is 0 Å². The van der Waals surface area contributed by atoms with E-state index in [4.69, 9.17) is 5.73 Å². The Balaban J connectivity index is 2.86. The monoisotopic (exact) mass is 245 g/mol. The molecule has 0 heterocycles. The van der Waals surface area contributed by atoms with Gasteiger partial charge in [0.1, 0.15) is 0 Å². The zero-order chi connectivity index (χ0) is 13.1. The highest BCUT2D eigenvalue weighted by Gasteiger charge is 2.30. The molecule has 1 unspecified atom stereocenters. The second kappa shape index (κ2) is 5.08. The lowest BCUT2D eigenvalue weighted by molar-refractivity contribution is -0.137. The number of hydrogen-bond donors (Lipinski definition) is 1. The summed E-state index contributed by atoms with van der Waals surface area (Å²) in [4.78, 5) is 0. The molecular weight excluding hydrogens is 227 g/mol. The van der Waals surface area contributed by atoms with E-state index in [1.54, 1.807) is 6.07 Å². The van der Waals surface area contributed by atoms with Gasteiger partial charge in [-0.1, -0.05) is 31.5 Å². The lowest BCUT2D eigenvalue weighted by Gasteiger charge is -2.24. The lowest BCUT2D eigenvalue weighted by Crippen LogP contribution is -2.38. The van der Waals surface area contributed by atoms with Gasteiger partial charge in [-0.15, -0.1) is 0 Å². The van der Waals surface area contributed by atoms with Gasteiger partial charge in [-0.25, -0.2) is 0 Å². The molecule has 0 amide bonds. The quantitative estimate of drug-likeness (QED) is 0.858. The van der Waals surface area contributed by atoms with Crippen molar-refractivity contribution in [2.75, 3.05) is 0 Å². The summed E-state index contributed by atoms with van der Waals surface area (Å²) in [7, 11) is 0. The second-order valence-electron chi connectivity index (χ2n) is 4.78. The minimum atomic E-state index is -4.29. The van der Waals surface area contributed by atoms with E-state index in [9.17, 15) is 13.2 Å². The van der Waals surface area contributed by atoms with Gasteiger partial charge in [0.15, 0.2) is 0 Å². The van der Waals surface area contributed by atoms with E-state index in [-0.39, 0.29) is 0 Å². The Kier molecular flexibility index (Phi) is 4.20. The van der Waals surface area contributed by atoms with Crippen LogP contribution >= 0.6 is 0 Å². The molecule has 0 aromatic heterocycles. The van der Waals surface area contributed by atoms with Gasteiger partial charge in [-0.05, 0) is 31.4 Å². The molecule has 0 fully saturated rings. The van der Waals surface area contributed by atoms with Crippen molar-refractivity contribution in [1.82, 2.24) is 0 Å². The third-order valence-electron chi connectivity index (χ3n) is 2.68. The number of rotatable bonds is 4. The van der Waals surface area contributed by atoms with Crippen LogP contribution < -0.4 is 5.73 Å². The molecule has 0 aliphatic rings. The van der Waals surface area contributed by atoms with Crippen molar-refractivity contribution in [2.45, 2.75) is 44.8 Å². The number of hydrogen-bond acceptors (Lipinski definition) is 1. The van der Waals surface area contributed by atoms with Gasteiger partial charge >= 0.3 is 6.18 Å². The van der Waals surface area contributed by atoms with Crippen LogP contribution in [-0.2, 0) is 12.6 Å². The largest absolute Gasteiger partial charge is 0.416 e. The summed E-state index contributed by atoms with van der Waals surface area (Å²) in [6, 6.07) is 5.38. The maximum atomic E-state index is 12.5. The Bertz CT molecular complexity index is 369. The normalized spacial score (nSPS) is 15.6. The van der Waals surface area contributed by atoms with Gasteiger partial charge in [-0.2, -0.15) is 13.2 Å². The number of benzene rings is 1. The van der Waals surface area contributed by atoms with Crippen LogP contribution in [0.4, 0.5) is 13.2 Å². The van der Waals surface area contributed by atoms with Crippen molar-refractivity contribution >= 4 is 0 Å². The number of alkyl halides is 3. The highest BCUT2D eigenvalue weighted by atomic mass is 19.4. The molecule has 0 saturated heterocycles. The zero-order valence-corrected chi connectivity index (χ0v) is 10.1. The third-order valence-corrected chi connectivity index (χ3v) is 2.68. The van der Waals surface area contributed by atoms with Gasteiger partial charge < -0.3 is 5.73 Å². The first-order chi connectivity index (χ1) is 7.74. The Morgan fingerprint density at radius 2 is 1.88 bits per heavy atom. The van der Waals surface area contributed by atoms with Crippen molar-refractivity contribution in [3.05, 3.63) is 35.4 Å². The fraction of sp³-hybridized carbons (Fsp3) is 0.538. The van der Waals surface area contributed by atoms with Crippen LogP contribution in [0, 0.1) is 0 Å². The fourth-order valence-electron chi connectivity index (χ4n) is 1.98. The summed E-state index contributed by atoms with van der Waals surface area (Å²) in [6.07, 6.45) is -2.11. The zero-order valence-electron chi connectivity index (χ0n) is 10.1. The molecule has 1 aromatic carbocycles. The minimum Gasteiger partial charge on any atom is -0.325 e. The highest BCUT2D eigenvalue weighted by molar-refractivity contribution is 5.26. The first-order valence-electron chi connectivity index (χ1n) is 5.69. The Hall–Kier alpha value is -1.03.